The third-order valence-electron chi connectivity index (χ3n) is 2.80. The second kappa shape index (κ2) is 8.01. The van der Waals surface area contributed by atoms with Crippen LogP contribution in [0.15, 0.2) is 6.07 Å². The number of anilines is 1. The molecule has 0 fully saturated rings. The minimum Gasteiger partial charge on any atom is -0.462 e. The van der Waals surface area contributed by atoms with E-state index in [9.17, 15) is 9.59 Å². The predicted octanol–water partition coefficient (Wildman–Crippen LogP) is 2.55. The number of ether oxygens (including phenoxy) is 1. The molecular formula is C14H22N2O3S. The maximum absolute atomic E-state index is 12.0. The van der Waals surface area contributed by atoms with Crippen molar-refractivity contribution in [2.45, 2.75) is 46.1 Å². The summed E-state index contributed by atoms with van der Waals surface area (Å²) in [4.78, 5) is 24.8. The van der Waals surface area contributed by atoms with Crippen LogP contribution in [0.1, 0.15) is 48.8 Å². The summed E-state index contributed by atoms with van der Waals surface area (Å²) in [6.45, 7) is 6.02. The highest BCUT2D eigenvalue weighted by Crippen LogP contribution is 2.29. The topological polar surface area (TPSA) is 81.4 Å². The van der Waals surface area contributed by atoms with Crippen LogP contribution in [0.5, 0.6) is 0 Å². The molecule has 1 amide bonds. The summed E-state index contributed by atoms with van der Waals surface area (Å²) < 4.78 is 5.00. The van der Waals surface area contributed by atoms with Gasteiger partial charge in [0, 0.05) is 4.88 Å². The molecule has 20 heavy (non-hydrogen) atoms. The summed E-state index contributed by atoms with van der Waals surface area (Å²) in [6.07, 6.45) is 2.25. The lowest BCUT2D eigenvalue weighted by molar-refractivity contribution is -0.117. The Labute approximate surface area is 123 Å². The molecule has 1 rings (SSSR count). The Morgan fingerprint density at radius 2 is 2.10 bits per heavy atom. The molecule has 1 aromatic heterocycles. The SMILES string of the molecule is CCCC(N)C(=O)Nc1sc(CC)cc1C(=O)OCC. The van der Waals surface area contributed by atoms with Crippen molar-refractivity contribution in [1.29, 1.82) is 0 Å². The van der Waals surface area contributed by atoms with Gasteiger partial charge >= 0.3 is 5.97 Å². The zero-order valence-corrected chi connectivity index (χ0v) is 13.0. The minimum atomic E-state index is -0.553. The van der Waals surface area contributed by atoms with Crippen molar-refractivity contribution in [2.24, 2.45) is 5.73 Å². The molecule has 0 aliphatic rings. The van der Waals surface area contributed by atoms with Gasteiger partial charge in [0.1, 0.15) is 5.00 Å². The van der Waals surface area contributed by atoms with Crippen molar-refractivity contribution in [3.8, 4) is 0 Å². The molecule has 0 aliphatic heterocycles. The molecule has 112 valence electrons. The summed E-state index contributed by atoms with van der Waals surface area (Å²) in [7, 11) is 0. The Balaban J connectivity index is 2.90. The molecule has 0 aliphatic carbocycles. The first-order chi connectivity index (χ1) is 9.53. The van der Waals surface area contributed by atoms with Crippen LogP contribution < -0.4 is 11.1 Å². The lowest BCUT2D eigenvalue weighted by Crippen LogP contribution is -2.35. The van der Waals surface area contributed by atoms with Crippen LogP contribution >= 0.6 is 11.3 Å². The normalized spacial score (nSPS) is 12.0. The van der Waals surface area contributed by atoms with Gasteiger partial charge in [-0.05, 0) is 25.8 Å². The summed E-state index contributed by atoms with van der Waals surface area (Å²) in [5.41, 5.74) is 6.18. The largest absolute Gasteiger partial charge is 0.462 e. The molecule has 1 heterocycles. The third-order valence-corrected chi connectivity index (χ3v) is 3.99. The first-order valence-corrected chi connectivity index (χ1v) is 7.71. The van der Waals surface area contributed by atoms with Crippen molar-refractivity contribution < 1.29 is 14.3 Å². The fourth-order valence-electron chi connectivity index (χ4n) is 1.72. The number of amides is 1. The highest BCUT2D eigenvalue weighted by Gasteiger charge is 2.20. The molecule has 3 N–H and O–H groups in total. The van der Waals surface area contributed by atoms with Crippen LogP contribution in [-0.2, 0) is 16.0 Å². The molecule has 0 saturated heterocycles. The minimum absolute atomic E-state index is 0.262. The second-order valence-electron chi connectivity index (χ2n) is 4.41. The number of nitrogens with two attached hydrogens (primary N) is 1. The van der Waals surface area contributed by atoms with E-state index in [1.165, 1.54) is 11.3 Å². The van der Waals surface area contributed by atoms with Crippen molar-refractivity contribution in [3.05, 3.63) is 16.5 Å². The van der Waals surface area contributed by atoms with Gasteiger partial charge in [0.2, 0.25) is 5.91 Å². The Hall–Kier alpha value is -1.40. The first kappa shape index (κ1) is 16.7. The van der Waals surface area contributed by atoms with Gasteiger partial charge in [-0.3, -0.25) is 4.79 Å². The molecule has 6 heteroatoms. The van der Waals surface area contributed by atoms with Gasteiger partial charge in [-0.1, -0.05) is 20.3 Å². The van der Waals surface area contributed by atoms with E-state index < -0.39 is 12.0 Å². The van der Waals surface area contributed by atoms with Crippen LogP contribution in [0.2, 0.25) is 0 Å². The Morgan fingerprint density at radius 3 is 2.65 bits per heavy atom. The van der Waals surface area contributed by atoms with Crippen LogP contribution in [0.4, 0.5) is 5.00 Å². The van der Waals surface area contributed by atoms with E-state index in [4.69, 9.17) is 10.5 Å². The summed E-state index contributed by atoms with van der Waals surface area (Å²) in [5.74, 6) is -0.676. The van der Waals surface area contributed by atoms with Crippen LogP contribution in [0.25, 0.3) is 0 Å². The molecule has 5 nitrogen and oxygen atoms in total. The first-order valence-electron chi connectivity index (χ1n) is 6.89. The zero-order valence-electron chi connectivity index (χ0n) is 12.2. The number of esters is 1. The highest BCUT2D eigenvalue weighted by molar-refractivity contribution is 7.16. The average Bonchev–Trinajstić information content (AvgIpc) is 2.82. The fourth-order valence-corrected chi connectivity index (χ4v) is 2.70. The van der Waals surface area contributed by atoms with E-state index >= 15 is 0 Å². The van der Waals surface area contributed by atoms with Gasteiger partial charge in [0.25, 0.3) is 0 Å². The average molecular weight is 298 g/mol. The van der Waals surface area contributed by atoms with Gasteiger partial charge in [-0.2, -0.15) is 0 Å². The third kappa shape index (κ3) is 4.31. The monoisotopic (exact) mass is 298 g/mol. The van der Waals surface area contributed by atoms with Crippen LogP contribution in [0.3, 0.4) is 0 Å². The number of hydrogen-bond donors (Lipinski definition) is 2. The van der Waals surface area contributed by atoms with E-state index in [1.807, 2.05) is 13.8 Å². The van der Waals surface area contributed by atoms with Crippen LogP contribution in [0, 0.1) is 0 Å². The molecule has 0 bridgehead atoms. The maximum Gasteiger partial charge on any atom is 0.341 e. The number of carbonyl (C=O) groups excluding carboxylic acids is 2. The van der Waals surface area contributed by atoms with Crippen LogP contribution in [-0.4, -0.2) is 24.5 Å². The lowest BCUT2D eigenvalue weighted by Gasteiger charge is -2.11. The van der Waals surface area contributed by atoms with E-state index in [0.29, 0.717) is 23.6 Å². The summed E-state index contributed by atoms with van der Waals surface area (Å²) in [5, 5.41) is 3.27. The second-order valence-corrected chi connectivity index (χ2v) is 5.55. The van der Waals surface area contributed by atoms with E-state index in [2.05, 4.69) is 5.32 Å². The Kier molecular flexibility index (Phi) is 6.67. The molecular weight excluding hydrogens is 276 g/mol. The number of thiophene rings is 1. The Bertz CT molecular complexity index is 471. The highest BCUT2D eigenvalue weighted by atomic mass is 32.1. The molecule has 0 aromatic carbocycles. The summed E-state index contributed by atoms with van der Waals surface area (Å²) in [6, 6.07) is 1.21. The number of carbonyl (C=O) groups is 2. The molecule has 0 saturated carbocycles. The predicted molar refractivity (Wildman–Crippen MR) is 81.2 cm³/mol. The maximum atomic E-state index is 12.0. The number of nitrogens with one attached hydrogen (secondary N) is 1. The van der Waals surface area contributed by atoms with E-state index in [0.717, 1.165) is 17.7 Å². The van der Waals surface area contributed by atoms with Gasteiger partial charge in [0.15, 0.2) is 0 Å². The van der Waals surface area contributed by atoms with Gasteiger partial charge in [-0.15, -0.1) is 11.3 Å². The molecule has 1 aromatic rings. The van der Waals surface area contributed by atoms with Gasteiger partial charge in [0.05, 0.1) is 18.2 Å². The van der Waals surface area contributed by atoms with Crippen molar-refractivity contribution in [2.75, 3.05) is 11.9 Å². The standard InChI is InChI=1S/C14H22N2O3S/c1-4-7-11(15)12(17)16-13-10(14(18)19-6-3)8-9(5-2)20-13/h8,11H,4-7,15H2,1-3H3,(H,16,17). The fraction of sp³-hybridized carbons (Fsp3) is 0.571. The number of hydrogen-bond acceptors (Lipinski definition) is 5. The van der Waals surface area contributed by atoms with E-state index in [-0.39, 0.29) is 5.91 Å². The van der Waals surface area contributed by atoms with Crippen molar-refractivity contribution in [3.63, 3.8) is 0 Å². The molecule has 0 radical (unpaired) electrons. The Morgan fingerprint density at radius 1 is 1.40 bits per heavy atom. The van der Waals surface area contributed by atoms with Crippen molar-refractivity contribution in [1.82, 2.24) is 0 Å². The van der Waals surface area contributed by atoms with Gasteiger partial charge in [-0.25, -0.2) is 4.79 Å². The quantitative estimate of drug-likeness (QED) is 0.758. The van der Waals surface area contributed by atoms with Gasteiger partial charge < -0.3 is 15.8 Å². The van der Waals surface area contributed by atoms with E-state index in [1.54, 1.807) is 13.0 Å². The van der Waals surface area contributed by atoms with Crippen molar-refractivity contribution >= 4 is 28.2 Å². The molecule has 0 spiro atoms. The molecule has 1 atom stereocenters. The zero-order chi connectivity index (χ0) is 15.1. The smallest absolute Gasteiger partial charge is 0.341 e. The number of rotatable bonds is 7. The number of aryl methyl sites for hydroxylation is 1. The lowest BCUT2D eigenvalue weighted by atomic mass is 10.1. The summed E-state index contributed by atoms with van der Waals surface area (Å²) >= 11 is 1.39. The molecule has 1 unspecified atom stereocenters.